The van der Waals surface area contributed by atoms with Crippen molar-refractivity contribution < 1.29 is 14.5 Å². The van der Waals surface area contributed by atoms with E-state index in [9.17, 15) is 9.81 Å². The van der Waals surface area contributed by atoms with E-state index in [4.69, 9.17) is 16.3 Å². The van der Waals surface area contributed by atoms with Gasteiger partial charge in [-0.3, -0.25) is 0 Å². The summed E-state index contributed by atoms with van der Waals surface area (Å²) in [5, 5.41) is 9.88. The van der Waals surface area contributed by atoms with Crippen LogP contribution in [0.5, 0.6) is 5.75 Å². The molecule has 0 spiro atoms. The average Bonchev–Trinajstić information content (AvgIpc) is 2.64. The van der Waals surface area contributed by atoms with Gasteiger partial charge in [0.25, 0.3) is 0 Å². The molecule has 6 heteroatoms. The van der Waals surface area contributed by atoms with Gasteiger partial charge in [-0.2, -0.15) is 0 Å². The van der Waals surface area contributed by atoms with E-state index in [1.54, 1.807) is 0 Å². The van der Waals surface area contributed by atoms with Gasteiger partial charge in [0, 0.05) is 0 Å². The zero-order valence-electron chi connectivity index (χ0n) is 13.2. The standard InChI is InChI=1S/C18H19BClNO3/c20-11-18(22)17(21-13-19-23)10-14-6-8-16(9-7-14)24-12-15-4-2-1-3-5-15/h1-9,13,17-18,22H,10-12H2/b21-13-/t17-,18-/m0/s1. The number of benzene rings is 2. The van der Waals surface area contributed by atoms with Crippen LogP contribution in [0.3, 0.4) is 0 Å². The number of aliphatic hydroxyl groups is 1. The molecule has 0 saturated carbocycles. The van der Waals surface area contributed by atoms with Crippen molar-refractivity contribution in [1.29, 1.82) is 0 Å². The first-order valence-corrected chi connectivity index (χ1v) is 8.23. The van der Waals surface area contributed by atoms with Gasteiger partial charge in [-0.25, -0.2) is 0 Å². The normalized spacial score (nSPS) is 13.4. The van der Waals surface area contributed by atoms with Crippen molar-refractivity contribution in [1.82, 2.24) is 0 Å². The molecule has 0 fully saturated rings. The van der Waals surface area contributed by atoms with Gasteiger partial charge in [0.05, 0.1) is 0 Å². The van der Waals surface area contributed by atoms with E-state index < -0.39 is 12.1 Å². The number of halogens is 1. The van der Waals surface area contributed by atoms with Crippen LogP contribution in [-0.2, 0) is 17.7 Å². The number of alkyl halides is 1. The van der Waals surface area contributed by atoms with E-state index in [2.05, 4.69) is 4.99 Å². The molecule has 0 unspecified atom stereocenters. The molecule has 24 heavy (non-hydrogen) atoms. The molecular formula is C18H19BClNO3. The molecule has 0 saturated heterocycles. The van der Waals surface area contributed by atoms with Gasteiger partial charge >= 0.3 is 129 Å². The van der Waals surface area contributed by atoms with Gasteiger partial charge in [-0.05, 0) is 0 Å². The number of nitrogens with zero attached hydrogens (tertiary/aromatic N) is 1. The number of ether oxygens (including phenoxy) is 1. The fourth-order valence-electron chi connectivity index (χ4n) is 2.24. The third-order valence-electron chi connectivity index (χ3n) is 3.56. The van der Waals surface area contributed by atoms with Crippen molar-refractivity contribution in [2.45, 2.75) is 25.2 Å². The van der Waals surface area contributed by atoms with Crippen molar-refractivity contribution in [2.24, 2.45) is 4.99 Å². The van der Waals surface area contributed by atoms with E-state index in [0.717, 1.165) is 23.0 Å². The quantitative estimate of drug-likeness (QED) is 0.433. The summed E-state index contributed by atoms with van der Waals surface area (Å²) in [6.45, 7) is 0.511. The predicted octanol–water partition coefficient (Wildman–Crippen LogP) is 2.85. The van der Waals surface area contributed by atoms with E-state index in [1.165, 1.54) is 0 Å². The molecule has 0 aliphatic carbocycles. The van der Waals surface area contributed by atoms with Gasteiger partial charge < -0.3 is 0 Å². The summed E-state index contributed by atoms with van der Waals surface area (Å²) in [6.07, 6.45) is 0.853. The zero-order chi connectivity index (χ0) is 17.2. The van der Waals surface area contributed by atoms with Gasteiger partial charge in [0.2, 0.25) is 0 Å². The topological polar surface area (TPSA) is 58.9 Å². The van der Waals surface area contributed by atoms with Crippen molar-refractivity contribution in [3.8, 4) is 5.75 Å². The number of hydrogen-bond donors (Lipinski definition) is 1. The van der Waals surface area contributed by atoms with Gasteiger partial charge in [-0.1, -0.05) is 18.2 Å². The fourth-order valence-corrected chi connectivity index (χ4v) is 2.45. The van der Waals surface area contributed by atoms with Crippen LogP contribution in [0.15, 0.2) is 59.6 Å². The maximum atomic E-state index is 10.4. The molecule has 2 aromatic rings. The Morgan fingerprint density at radius 2 is 1.83 bits per heavy atom. The Morgan fingerprint density at radius 3 is 2.46 bits per heavy atom. The summed E-state index contributed by atoms with van der Waals surface area (Å²) >= 11 is 5.68. The maximum absolute atomic E-state index is 10.4. The third-order valence-corrected chi connectivity index (χ3v) is 3.87. The van der Waals surface area contributed by atoms with Crippen LogP contribution < -0.4 is 4.74 Å². The molecule has 2 rings (SSSR count). The van der Waals surface area contributed by atoms with Crippen molar-refractivity contribution in [3.05, 3.63) is 65.7 Å². The molecule has 0 bridgehead atoms. The summed E-state index contributed by atoms with van der Waals surface area (Å²) in [5.74, 6) is 0.840. The number of rotatable bonds is 9. The summed E-state index contributed by atoms with van der Waals surface area (Å²) in [4.78, 5) is 4.05. The predicted molar refractivity (Wildman–Crippen MR) is 96.4 cm³/mol. The van der Waals surface area contributed by atoms with Crippen LogP contribution in [0.2, 0.25) is 0 Å². The summed E-state index contributed by atoms with van der Waals surface area (Å²) in [5.41, 5.74) is 2.09. The molecule has 0 aliphatic heterocycles. The van der Waals surface area contributed by atoms with Crippen molar-refractivity contribution >= 4 is 24.9 Å². The molecule has 4 nitrogen and oxygen atoms in total. The second kappa shape index (κ2) is 10.0. The molecule has 0 radical (unpaired) electrons. The summed E-state index contributed by atoms with van der Waals surface area (Å²) in [6, 6.07) is 17.1. The van der Waals surface area contributed by atoms with Crippen molar-refractivity contribution in [3.63, 3.8) is 0 Å². The molecule has 0 amide bonds. The second-order valence-corrected chi connectivity index (χ2v) is 5.65. The van der Waals surface area contributed by atoms with Crippen LogP contribution in [-0.4, -0.2) is 36.4 Å². The van der Waals surface area contributed by atoms with E-state index in [1.807, 2.05) is 54.6 Å². The molecule has 0 aliphatic rings. The number of hydrogen-bond acceptors (Lipinski definition) is 4. The second-order valence-electron chi connectivity index (χ2n) is 5.35. The van der Waals surface area contributed by atoms with Gasteiger partial charge in [0.15, 0.2) is 0 Å². The Kier molecular flexibility index (Phi) is 7.66. The van der Waals surface area contributed by atoms with Crippen LogP contribution in [0.25, 0.3) is 0 Å². The number of aliphatic hydroxyl groups excluding tert-OH is 1. The molecule has 2 atom stereocenters. The van der Waals surface area contributed by atoms with Crippen LogP contribution >= 0.6 is 11.6 Å². The SMILES string of the molecule is O=B/C=N\[C@@H](Cc1ccc(OCc2ccccc2)cc1)[C@@H](O)CCl. The Bertz CT molecular complexity index is 649. The molecule has 1 N–H and O–H groups in total. The Labute approximate surface area is 147 Å². The minimum absolute atomic E-state index is 0.0686. The molecule has 0 heterocycles. The fraction of sp³-hybridized carbons (Fsp3) is 0.278. The Morgan fingerprint density at radius 1 is 1.12 bits per heavy atom. The average molecular weight is 344 g/mol. The first kappa shape index (κ1) is 18.4. The Hall–Kier alpha value is -1.98. The first-order valence-electron chi connectivity index (χ1n) is 7.69. The number of aliphatic imine (C=N–C) groups is 1. The summed E-state index contributed by atoms with van der Waals surface area (Å²) < 4.78 is 16.2. The van der Waals surface area contributed by atoms with E-state index in [0.29, 0.717) is 20.2 Å². The Balaban J connectivity index is 1.95. The van der Waals surface area contributed by atoms with Crippen molar-refractivity contribution in [2.75, 3.05) is 5.88 Å². The minimum atomic E-state index is -0.795. The van der Waals surface area contributed by atoms with Gasteiger partial charge in [-0.15, -0.1) is 0 Å². The molecular weight excluding hydrogens is 324 g/mol. The third kappa shape index (κ3) is 5.91. The van der Waals surface area contributed by atoms with Crippen LogP contribution in [0.1, 0.15) is 11.1 Å². The molecule has 2 aromatic carbocycles. The van der Waals surface area contributed by atoms with E-state index in [-0.39, 0.29) is 5.88 Å². The van der Waals surface area contributed by atoms with Crippen LogP contribution in [0.4, 0.5) is 0 Å². The molecule has 124 valence electrons. The molecule has 0 aromatic heterocycles. The van der Waals surface area contributed by atoms with E-state index >= 15 is 0 Å². The monoisotopic (exact) mass is 343 g/mol. The van der Waals surface area contributed by atoms with Crippen LogP contribution in [0, 0.1) is 0 Å². The summed E-state index contributed by atoms with van der Waals surface area (Å²) in [7, 11) is 0.592. The zero-order valence-corrected chi connectivity index (χ0v) is 14.0. The first-order chi connectivity index (χ1) is 11.7. The van der Waals surface area contributed by atoms with Gasteiger partial charge in [0.1, 0.15) is 0 Å².